The molecule has 0 aliphatic rings. The molecule has 14 heavy (non-hydrogen) atoms. The van der Waals surface area contributed by atoms with Crippen LogP contribution >= 0.6 is 23.4 Å². The van der Waals surface area contributed by atoms with E-state index in [1.807, 2.05) is 0 Å². The number of hydrogen-bond donors (Lipinski definition) is 2. The van der Waals surface area contributed by atoms with Gasteiger partial charge in [-0.05, 0) is 29.5 Å². The molecule has 3 nitrogen and oxygen atoms in total. The smallest absolute Gasteiger partial charge is 0.137 e. The normalized spacial score (nSPS) is 12.6. The third kappa shape index (κ3) is 2.75. The number of benzene rings is 1. The van der Waals surface area contributed by atoms with Crippen molar-refractivity contribution in [2.75, 3.05) is 13.7 Å². The first-order valence-electron chi connectivity index (χ1n) is 4.04. The van der Waals surface area contributed by atoms with E-state index >= 15 is 0 Å². The van der Waals surface area contributed by atoms with Gasteiger partial charge in [-0.3, -0.25) is 0 Å². The number of aliphatic hydroxyl groups is 1. The van der Waals surface area contributed by atoms with Crippen molar-refractivity contribution in [1.82, 2.24) is 4.84 Å². The SMILES string of the molecule is COc1ccc([C@H](O)CNCl)cc1Cl. The van der Waals surface area contributed by atoms with Crippen molar-refractivity contribution in [2.24, 2.45) is 0 Å². The van der Waals surface area contributed by atoms with E-state index in [2.05, 4.69) is 4.84 Å². The Morgan fingerprint density at radius 2 is 2.29 bits per heavy atom. The van der Waals surface area contributed by atoms with Crippen LogP contribution in [0.15, 0.2) is 18.2 Å². The number of methoxy groups -OCH3 is 1. The highest BCUT2D eigenvalue weighted by molar-refractivity contribution is 6.32. The lowest BCUT2D eigenvalue weighted by molar-refractivity contribution is 0.182. The highest BCUT2D eigenvalue weighted by Crippen LogP contribution is 2.27. The Morgan fingerprint density at radius 3 is 2.79 bits per heavy atom. The van der Waals surface area contributed by atoms with Crippen molar-refractivity contribution >= 4 is 23.4 Å². The standard InChI is InChI=1S/C9H11Cl2NO2/c1-14-9-3-2-6(4-7(9)10)8(13)5-12-11/h2-4,8,12-13H,5H2,1H3/t8-/m1/s1. The van der Waals surface area contributed by atoms with Crippen LogP contribution in [0.25, 0.3) is 0 Å². The molecule has 1 atom stereocenters. The molecule has 0 heterocycles. The molecule has 2 N–H and O–H groups in total. The van der Waals surface area contributed by atoms with Crippen molar-refractivity contribution in [3.05, 3.63) is 28.8 Å². The van der Waals surface area contributed by atoms with Gasteiger partial charge in [0.25, 0.3) is 0 Å². The fourth-order valence-electron chi connectivity index (χ4n) is 1.08. The average Bonchev–Trinajstić information content (AvgIpc) is 2.18. The number of nitrogens with one attached hydrogen (secondary N) is 1. The Hall–Kier alpha value is -0.480. The lowest BCUT2D eigenvalue weighted by atomic mass is 10.1. The van der Waals surface area contributed by atoms with E-state index in [4.69, 9.17) is 28.1 Å². The summed E-state index contributed by atoms with van der Waals surface area (Å²) in [6.45, 7) is 0.268. The topological polar surface area (TPSA) is 41.5 Å². The van der Waals surface area contributed by atoms with Gasteiger partial charge in [0, 0.05) is 6.54 Å². The summed E-state index contributed by atoms with van der Waals surface area (Å²) in [4.78, 5) is 2.36. The Kier molecular flexibility index (Phi) is 4.48. The van der Waals surface area contributed by atoms with Gasteiger partial charge in [0.05, 0.1) is 18.2 Å². The van der Waals surface area contributed by atoms with Crippen molar-refractivity contribution < 1.29 is 9.84 Å². The van der Waals surface area contributed by atoms with Crippen molar-refractivity contribution in [3.63, 3.8) is 0 Å². The first kappa shape index (κ1) is 11.6. The van der Waals surface area contributed by atoms with Gasteiger partial charge >= 0.3 is 0 Å². The fourth-order valence-corrected chi connectivity index (χ4v) is 1.49. The van der Waals surface area contributed by atoms with Crippen LogP contribution in [0.2, 0.25) is 5.02 Å². The molecule has 0 amide bonds. The van der Waals surface area contributed by atoms with Gasteiger partial charge in [-0.2, -0.15) is 0 Å². The van der Waals surface area contributed by atoms with E-state index in [1.54, 1.807) is 18.2 Å². The van der Waals surface area contributed by atoms with Crippen LogP contribution in [0, 0.1) is 0 Å². The molecule has 0 spiro atoms. The molecule has 0 fully saturated rings. The molecule has 0 aliphatic heterocycles. The Balaban J connectivity index is 2.85. The van der Waals surface area contributed by atoms with Crippen molar-refractivity contribution in [2.45, 2.75) is 6.10 Å². The molecule has 0 saturated heterocycles. The molecule has 1 aromatic rings. The molecule has 78 valence electrons. The van der Waals surface area contributed by atoms with Crippen LogP contribution < -0.4 is 9.57 Å². The Morgan fingerprint density at radius 1 is 1.57 bits per heavy atom. The van der Waals surface area contributed by atoms with Gasteiger partial charge in [0.2, 0.25) is 0 Å². The van der Waals surface area contributed by atoms with Crippen LogP contribution in [0.3, 0.4) is 0 Å². The fraction of sp³-hybridized carbons (Fsp3) is 0.333. The maximum Gasteiger partial charge on any atom is 0.137 e. The highest BCUT2D eigenvalue weighted by Gasteiger charge is 2.09. The summed E-state index contributed by atoms with van der Waals surface area (Å²) >= 11 is 11.2. The number of aliphatic hydroxyl groups excluding tert-OH is 1. The molecular weight excluding hydrogens is 225 g/mol. The summed E-state index contributed by atoms with van der Waals surface area (Å²) in [6.07, 6.45) is -0.670. The summed E-state index contributed by atoms with van der Waals surface area (Å²) < 4.78 is 4.98. The first-order valence-corrected chi connectivity index (χ1v) is 4.79. The maximum absolute atomic E-state index is 9.56. The predicted octanol–water partition coefficient (Wildman–Crippen LogP) is 2.13. The zero-order chi connectivity index (χ0) is 10.6. The molecule has 0 unspecified atom stereocenters. The molecular formula is C9H11Cl2NO2. The maximum atomic E-state index is 9.56. The van der Waals surface area contributed by atoms with Crippen molar-refractivity contribution in [1.29, 1.82) is 0 Å². The number of halogens is 2. The molecule has 1 rings (SSSR count). The van der Waals surface area contributed by atoms with Crippen LogP contribution in [0.5, 0.6) is 5.75 Å². The average molecular weight is 236 g/mol. The van der Waals surface area contributed by atoms with E-state index in [0.29, 0.717) is 16.3 Å². The largest absolute Gasteiger partial charge is 0.495 e. The minimum atomic E-state index is -0.670. The van der Waals surface area contributed by atoms with Crippen molar-refractivity contribution in [3.8, 4) is 5.75 Å². The number of ether oxygens (including phenoxy) is 1. The minimum Gasteiger partial charge on any atom is -0.495 e. The van der Waals surface area contributed by atoms with E-state index in [9.17, 15) is 5.11 Å². The first-order chi connectivity index (χ1) is 6.69. The summed E-state index contributed by atoms with van der Waals surface area (Å²) in [5.41, 5.74) is 0.698. The third-order valence-electron chi connectivity index (χ3n) is 1.83. The van der Waals surface area contributed by atoms with Gasteiger partial charge in [0.15, 0.2) is 0 Å². The van der Waals surface area contributed by atoms with Gasteiger partial charge in [-0.25, -0.2) is 4.84 Å². The zero-order valence-electron chi connectivity index (χ0n) is 7.63. The molecule has 0 radical (unpaired) electrons. The summed E-state index contributed by atoms with van der Waals surface area (Å²) in [7, 11) is 1.54. The number of hydrogen-bond acceptors (Lipinski definition) is 3. The predicted molar refractivity (Wildman–Crippen MR) is 56.8 cm³/mol. The lowest BCUT2D eigenvalue weighted by Crippen LogP contribution is -2.12. The van der Waals surface area contributed by atoms with E-state index < -0.39 is 6.10 Å². The van der Waals surface area contributed by atoms with Crippen LogP contribution in [0.1, 0.15) is 11.7 Å². The molecule has 1 aromatic carbocycles. The second-order valence-electron chi connectivity index (χ2n) is 2.75. The zero-order valence-corrected chi connectivity index (χ0v) is 9.14. The van der Waals surface area contributed by atoms with Gasteiger partial charge < -0.3 is 9.84 Å². The Bertz CT molecular complexity index is 307. The molecule has 0 aliphatic carbocycles. The molecule has 0 bridgehead atoms. The quantitative estimate of drug-likeness (QED) is 0.787. The summed E-state index contributed by atoms with van der Waals surface area (Å²) in [5, 5.41) is 10.0. The van der Waals surface area contributed by atoms with E-state index in [-0.39, 0.29) is 6.54 Å². The minimum absolute atomic E-state index is 0.268. The summed E-state index contributed by atoms with van der Waals surface area (Å²) in [5.74, 6) is 0.585. The van der Waals surface area contributed by atoms with Gasteiger partial charge in [-0.15, -0.1) is 0 Å². The van der Waals surface area contributed by atoms with Crippen LogP contribution in [-0.4, -0.2) is 18.8 Å². The second kappa shape index (κ2) is 5.41. The van der Waals surface area contributed by atoms with Gasteiger partial charge in [0.1, 0.15) is 5.75 Å². The van der Waals surface area contributed by atoms with Crippen LogP contribution in [0.4, 0.5) is 0 Å². The number of rotatable bonds is 4. The molecule has 0 aromatic heterocycles. The molecule has 5 heteroatoms. The molecule has 0 saturated carbocycles. The van der Waals surface area contributed by atoms with Gasteiger partial charge in [-0.1, -0.05) is 17.7 Å². The van der Waals surface area contributed by atoms with E-state index in [0.717, 1.165) is 0 Å². The monoisotopic (exact) mass is 235 g/mol. The van der Waals surface area contributed by atoms with E-state index in [1.165, 1.54) is 7.11 Å². The Labute approximate surface area is 92.7 Å². The summed E-state index contributed by atoms with van der Waals surface area (Å²) in [6, 6.07) is 5.10. The lowest BCUT2D eigenvalue weighted by Gasteiger charge is -2.11. The van der Waals surface area contributed by atoms with Crippen LogP contribution in [-0.2, 0) is 0 Å². The third-order valence-corrected chi connectivity index (χ3v) is 2.28. The highest BCUT2D eigenvalue weighted by atomic mass is 35.5. The second-order valence-corrected chi connectivity index (χ2v) is 3.42.